The van der Waals surface area contributed by atoms with Crippen LogP contribution in [0.1, 0.15) is 30.5 Å². The molecule has 0 saturated carbocycles. The molecule has 6 nitrogen and oxygen atoms in total. The van der Waals surface area contributed by atoms with Crippen molar-refractivity contribution in [1.82, 2.24) is 19.7 Å². The molecule has 8 heteroatoms. The fourth-order valence-electron chi connectivity index (χ4n) is 3.41. The van der Waals surface area contributed by atoms with Crippen molar-refractivity contribution in [3.8, 4) is 11.5 Å². The van der Waals surface area contributed by atoms with Crippen LogP contribution < -0.4 is 0 Å². The van der Waals surface area contributed by atoms with E-state index in [0.29, 0.717) is 22.5 Å². The molecule has 0 unspecified atom stereocenters. The first-order chi connectivity index (χ1) is 12.5. The second-order valence-corrected chi connectivity index (χ2v) is 6.40. The van der Waals surface area contributed by atoms with Crippen LogP contribution in [0.25, 0.3) is 22.5 Å². The minimum absolute atomic E-state index is 0.0123. The molecule has 4 heterocycles. The summed E-state index contributed by atoms with van der Waals surface area (Å²) < 4.78 is 34.0. The largest absolute Gasteiger partial charge is 0.463 e. The number of nitrogens with zero attached hydrogens (tertiary/aromatic N) is 4. The van der Waals surface area contributed by atoms with E-state index in [9.17, 15) is 13.6 Å². The Morgan fingerprint density at radius 2 is 2.12 bits per heavy atom. The number of carbonyl (C=O) groups excluding carboxylic acids is 1. The summed E-state index contributed by atoms with van der Waals surface area (Å²) in [5, 5.41) is 4.61. The van der Waals surface area contributed by atoms with Crippen molar-refractivity contribution in [3.05, 3.63) is 35.7 Å². The summed E-state index contributed by atoms with van der Waals surface area (Å²) in [5.41, 5.74) is 0.855. The molecular formula is C18H18F2N4O2. The van der Waals surface area contributed by atoms with Gasteiger partial charge in [0.2, 0.25) is 5.91 Å². The van der Waals surface area contributed by atoms with Crippen LogP contribution >= 0.6 is 0 Å². The summed E-state index contributed by atoms with van der Waals surface area (Å²) in [6, 6.07) is 4.65. The molecule has 3 aromatic rings. The Balaban J connectivity index is 1.82. The average Bonchev–Trinajstić information content (AvgIpc) is 3.36. The lowest BCUT2D eigenvalue weighted by atomic mass is 10.1. The molecule has 1 saturated heterocycles. The molecule has 0 aliphatic carbocycles. The topological polar surface area (TPSA) is 64.2 Å². The number of furan rings is 1. The van der Waals surface area contributed by atoms with E-state index in [-0.39, 0.29) is 23.7 Å². The number of halogens is 2. The Morgan fingerprint density at radius 3 is 2.77 bits per heavy atom. The van der Waals surface area contributed by atoms with Gasteiger partial charge in [-0.2, -0.15) is 5.10 Å². The van der Waals surface area contributed by atoms with E-state index in [1.54, 1.807) is 24.0 Å². The van der Waals surface area contributed by atoms with Crippen LogP contribution in [0.15, 0.2) is 28.9 Å². The molecule has 0 bridgehead atoms. The van der Waals surface area contributed by atoms with Gasteiger partial charge in [-0.05, 0) is 38.0 Å². The highest BCUT2D eigenvalue weighted by Crippen LogP contribution is 2.33. The molecule has 1 fully saturated rings. The zero-order valence-electron chi connectivity index (χ0n) is 14.3. The van der Waals surface area contributed by atoms with Crippen LogP contribution in [-0.4, -0.2) is 38.7 Å². The predicted molar refractivity (Wildman–Crippen MR) is 90.7 cm³/mol. The fraction of sp³-hybridized carbons (Fsp3) is 0.389. The van der Waals surface area contributed by atoms with Crippen molar-refractivity contribution >= 4 is 16.9 Å². The highest BCUT2D eigenvalue weighted by Gasteiger charge is 2.24. The summed E-state index contributed by atoms with van der Waals surface area (Å²) in [7, 11) is 0. The van der Waals surface area contributed by atoms with Gasteiger partial charge in [0.05, 0.1) is 17.3 Å². The van der Waals surface area contributed by atoms with Gasteiger partial charge in [0.25, 0.3) is 6.43 Å². The SMILES string of the molecule is Cc1nn(CC(=O)N2CCCC2)c2nc(-c3ccco3)cc(C(F)F)c12. The fourth-order valence-corrected chi connectivity index (χ4v) is 3.41. The van der Waals surface area contributed by atoms with E-state index in [2.05, 4.69) is 10.1 Å². The number of likely N-dealkylation sites (tertiary alicyclic amines) is 1. The summed E-state index contributed by atoms with van der Waals surface area (Å²) in [6.07, 6.45) is 0.755. The number of aromatic nitrogens is 3. The van der Waals surface area contributed by atoms with Crippen LogP contribution in [0.4, 0.5) is 8.78 Å². The molecule has 3 aromatic heterocycles. The molecule has 0 spiro atoms. The standard InChI is InChI=1S/C18H18F2N4O2/c1-11-16-12(17(19)20)9-13(14-5-4-8-26-14)21-18(16)24(22-11)10-15(25)23-6-2-3-7-23/h4-5,8-9,17H,2-3,6-7,10H2,1H3. The highest BCUT2D eigenvalue weighted by molar-refractivity contribution is 5.86. The van der Waals surface area contributed by atoms with Crippen molar-refractivity contribution < 1.29 is 18.0 Å². The van der Waals surface area contributed by atoms with Crippen LogP contribution in [0.5, 0.6) is 0 Å². The summed E-state index contributed by atoms with van der Waals surface area (Å²) in [6.45, 7) is 3.09. The lowest BCUT2D eigenvalue weighted by Crippen LogP contribution is -2.31. The number of rotatable bonds is 4. The number of hydrogen-bond donors (Lipinski definition) is 0. The maximum absolute atomic E-state index is 13.6. The van der Waals surface area contributed by atoms with Gasteiger partial charge in [-0.3, -0.25) is 4.79 Å². The minimum Gasteiger partial charge on any atom is -0.463 e. The first-order valence-corrected chi connectivity index (χ1v) is 8.52. The first kappa shape index (κ1) is 16.7. The second-order valence-electron chi connectivity index (χ2n) is 6.40. The molecule has 136 valence electrons. The maximum atomic E-state index is 13.6. The second kappa shape index (κ2) is 6.51. The molecular weight excluding hydrogens is 342 g/mol. The number of pyridine rings is 1. The smallest absolute Gasteiger partial charge is 0.264 e. The lowest BCUT2D eigenvalue weighted by molar-refractivity contribution is -0.130. The molecule has 1 aliphatic heterocycles. The van der Waals surface area contributed by atoms with Crippen LogP contribution in [0, 0.1) is 6.92 Å². The van der Waals surface area contributed by atoms with Crippen molar-refractivity contribution in [2.24, 2.45) is 0 Å². The predicted octanol–water partition coefficient (Wildman–Crippen LogP) is 3.56. The van der Waals surface area contributed by atoms with Gasteiger partial charge in [0, 0.05) is 18.7 Å². The van der Waals surface area contributed by atoms with Gasteiger partial charge >= 0.3 is 0 Å². The van der Waals surface area contributed by atoms with E-state index >= 15 is 0 Å². The number of fused-ring (bicyclic) bond motifs is 1. The van der Waals surface area contributed by atoms with Crippen molar-refractivity contribution in [2.75, 3.05) is 13.1 Å². The average molecular weight is 360 g/mol. The van der Waals surface area contributed by atoms with Crippen LogP contribution in [0.3, 0.4) is 0 Å². The Hall–Kier alpha value is -2.77. The monoisotopic (exact) mass is 360 g/mol. The van der Waals surface area contributed by atoms with Gasteiger partial charge in [-0.1, -0.05) is 0 Å². The summed E-state index contributed by atoms with van der Waals surface area (Å²) >= 11 is 0. The number of hydrogen-bond acceptors (Lipinski definition) is 4. The molecule has 0 aromatic carbocycles. The van der Waals surface area contributed by atoms with Crippen LogP contribution in [0.2, 0.25) is 0 Å². The number of amides is 1. The molecule has 0 radical (unpaired) electrons. The Morgan fingerprint density at radius 1 is 1.35 bits per heavy atom. The zero-order chi connectivity index (χ0) is 18.3. The summed E-state index contributed by atoms with van der Waals surface area (Å²) in [4.78, 5) is 18.7. The van der Waals surface area contributed by atoms with Crippen molar-refractivity contribution in [3.63, 3.8) is 0 Å². The molecule has 0 N–H and O–H groups in total. The zero-order valence-corrected chi connectivity index (χ0v) is 14.3. The van der Waals surface area contributed by atoms with Crippen molar-refractivity contribution in [1.29, 1.82) is 0 Å². The van der Waals surface area contributed by atoms with E-state index in [1.807, 2.05) is 0 Å². The highest BCUT2D eigenvalue weighted by atomic mass is 19.3. The third-order valence-corrected chi connectivity index (χ3v) is 4.66. The first-order valence-electron chi connectivity index (χ1n) is 8.52. The molecule has 1 aliphatic rings. The molecule has 26 heavy (non-hydrogen) atoms. The number of aryl methyl sites for hydroxylation is 1. The van der Waals surface area contributed by atoms with Gasteiger partial charge in [0.15, 0.2) is 11.4 Å². The third-order valence-electron chi connectivity index (χ3n) is 4.66. The third kappa shape index (κ3) is 2.85. The quantitative estimate of drug-likeness (QED) is 0.714. The van der Waals surface area contributed by atoms with Crippen molar-refractivity contribution in [2.45, 2.75) is 32.7 Å². The van der Waals surface area contributed by atoms with Gasteiger partial charge in [-0.25, -0.2) is 18.4 Å². The molecule has 4 rings (SSSR count). The Kier molecular flexibility index (Phi) is 4.18. The normalized spacial score (nSPS) is 14.7. The maximum Gasteiger partial charge on any atom is 0.264 e. The van der Waals surface area contributed by atoms with E-state index in [4.69, 9.17) is 4.42 Å². The Bertz CT molecular complexity index is 944. The molecule has 0 atom stereocenters. The van der Waals surface area contributed by atoms with Crippen LogP contribution in [-0.2, 0) is 11.3 Å². The van der Waals surface area contributed by atoms with Gasteiger partial charge in [-0.15, -0.1) is 0 Å². The summed E-state index contributed by atoms with van der Waals surface area (Å²) in [5.74, 6) is 0.320. The minimum atomic E-state index is -2.68. The van der Waals surface area contributed by atoms with Gasteiger partial charge in [0.1, 0.15) is 12.2 Å². The van der Waals surface area contributed by atoms with E-state index in [0.717, 1.165) is 25.9 Å². The van der Waals surface area contributed by atoms with E-state index < -0.39 is 6.43 Å². The Labute approximate surface area is 148 Å². The number of carbonyl (C=O) groups is 1. The number of alkyl halides is 2. The van der Waals surface area contributed by atoms with Gasteiger partial charge < -0.3 is 9.32 Å². The van der Waals surface area contributed by atoms with E-state index in [1.165, 1.54) is 17.0 Å². The molecule has 1 amide bonds. The lowest BCUT2D eigenvalue weighted by Gasteiger charge is -2.15.